The average molecular weight is 729 g/mol. The minimum Gasteiger partial charge on any atom is -0.455 e. The molecule has 8 aromatic carbocycles. The molecule has 0 bridgehead atoms. The maximum Gasteiger partial charge on any atom is 0.238 e. The highest BCUT2D eigenvalue weighted by Crippen LogP contribution is 2.63. The van der Waals surface area contributed by atoms with E-state index in [-0.39, 0.29) is 0 Å². The second-order valence-electron chi connectivity index (χ2n) is 14.7. The van der Waals surface area contributed by atoms with Gasteiger partial charge < -0.3 is 4.42 Å². The van der Waals surface area contributed by atoms with Gasteiger partial charge in [-0.2, -0.15) is 9.97 Å². The number of para-hydroxylation sites is 4. The minimum atomic E-state index is -0.600. The Hall–Kier alpha value is -7.63. The maximum absolute atomic E-state index is 6.53. The lowest BCUT2D eigenvalue weighted by atomic mass is 9.64. The Morgan fingerprint density at radius 2 is 0.930 bits per heavy atom. The van der Waals surface area contributed by atoms with E-state index in [0.717, 1.165) is 55.6 Å². The molecule has 0 atom stereocenters. The fourth-order valence-electron chi connectivity index (χ4n) is 9.37. The summed E-state index contributed by atoms with van der Waals surface area (Å²) in [4.78, 5) is 17.7. The normalized spacial score (nSPS) is 13.4. The monoisotopic (exact) mass is 728 g/mol. The number of hydrogen-bond donors (Lipinski definition) is 0. The van der Waals surface area contributed by atoms with Gasteiger partial charge >= 0.3 is 0 Å². The molecule has 57 heavy (non-hydrogen) atoms. The molecule has 1 spiro atoms. The molecule has 0 fully saturated rings. The van der Waals surface area contributed by atoms with E-state index in [1.165, 1.54) is 33.4 Å². The standard InChI is InChI=1S/C52H32N4O/c1-3-16-33(17-4-1)49-53-50(34-18-5-2-6-19-34)55-51(54-49)56-45-27-12-10-25-43(45)52(44-26-11-13-28-46(44)56)41-24-9-7-20-37(41)40-32-35(30-31-42(40)52)36-22-15-23-39-38-21-8-14-29-47(38)57-48(36)39/h1-32H. The van der Waals surface area contributed by atoms with Gasteiger partial charge in [0.05, 0.1) is 16.8 Å². The summed E-state index contributed by atoms with van der Waals surface area (Å²) in [5, 5.41) is 2.25. The molecule has 266 valence electrons. The Morgan fingerprint density at radius 1 is 0.386 bits per heavy atom. The lowest BCUT2D eigenvalue weighted by Gasteiger charge is -2.44. The van der Waals surface area contributed by atoms with Crippen molar-refractivity contribution >= 4 is 39.3 Å². The summed E-state index contributed by atoms with van der Waals surface area (Å²) in [6.07, 6.45) is 0. The number of rotatable bonds is 4. The van der Waals surface area contributed by atoms with Crippen LogP contribution in [-0.2, 0) is 5.41 Å². The van der Waals surface area contributed by atoms with E-state index in [1.807, 2.05) is 48.5 Å². The molecule has 0 amide bonds. The van der Waals surface area contributed by atoms with Crippen molar-refractivity contribution < 1.29 is 4.42 Å². The molecule has 0 radical (unpaired) electrons. The molecule has 5 heteroatoms. The number of aromatic nitrogens is 3. The van der Waals surface area contributed by atoms with Crippen LogP contribution in [0.15, 0.2) is 199 Å². The van der Waals surface area contributed by atoms with E-state index >= 15 is 0 Å². The van der Waals surface area contributed by atoms with Gasteiger partial charge in [-0.3, -0.25) is 4.90 Å². The summed E-state index contributed by atoms with van der Waals surface area (Å²) in [7, 11) is 0. The second kappa shape index (κ2) is 12.2. The van der Waals surface area contributed by atoms with E-state index in [0.29, 0.717) is 17.6 Å². The lowest BCUT2D eigenvalue weighted by Crippen LogP contribution is -2.36. The van der Waals surface area contributed by atoms with E-state index in [2.05, 4.69) is 150 Å². The largest absolute Gasteiger partial charge is 0.455 e. The Bertz CT molecular complexity index is 3100. The van der Waals surface area contributed by atoms with Crippen LogP contribution in [0.3, 0.4) is 0 Å². The average Bonchev–Trinajstić information content (AvgIpc) is 3.81. The summed E-state index contributed by atoms with van der Waals surface area (Å²) in [5.41, 5.74) is 14.6. The van der Waals surface area contributed by atoms with Gasteiger partial charge in [-0.15, -0.1) is 0 Å². The minimum absolute atomic E-state index is 0.568. The maximum atomic E-state index is 6.53. The van der Waals surface area contributed by atoms with Crippen molar-refractivity contribution in [2.75, 3.05) is 4.90 Å². The molecule has 2 aliphatic rings. The highest BCUT2D eigenvalue weighted by Gasteiger charge is 2.52. The molecule has 3 heterocycles. The summed E-state index contributed by atoms with van der Waals surface area (Å²) < 4.78 is 6.53. The first-order valence-electron chi connectivity index (χ1n) is 19.3. The summed E-state index contributed by atoms with van der Waals surface area (Å²) in [5.74, 6) is 1.81. The van der Waals surface area contributed by atoms with Gasteiger partial charge in [0.25, 0.3) is 0 Å². The highest BCUT2D eigenvalue weighted by molar-refractivity contribution is 6.10. The molecule has 2 aromatic heterocycles. The zero-order valence-electron chi connectivity index (χ0n) is 30.7. The van der Waals surface area contributed by atoms with Crippen LogP contribution in [0.4, 0.5) is 17.3 Å². The van der Waals surface area contributed by atoms with Gasteiger partial charge in [-0.25, -0.2) is 4.98 Å². The van der Waals surface area contributed by atoms with Crippen molar-refractivity contribution in [3.63, 3.8) is 0 Å². The number of nitrogens with zero attached hydrogens (tertiary/aromatic N) is 4. The molecular weight excluding hydrogens is 697 g/mol. The molecule has 12 rings (SSSR count). The van der Waals surface area contributed by atoms with Gasteiger partial charge in [0.2, 0.25) is 5.95 Å². The molecule has 0 unspecified atom stereocenters. The molecule has 1 aliphatic heterocycles. The number of anilines is 3. The van der Waals surface area contributed by atoms with Crippen LogP contribution in [0.1, 0.15) is 22.3 Å². The second-order valence-corrected chi connectivity index (χ2v) is 14.7. The van der Waals surface area contributed by atoms with Gasteiger partial charge in [0.1, 0.15) is 11.2 Å². The van der Waals surface area contributed by atoms with Gasteiger partial charge in [-0.05, 0) is 63.2 Å². The van der Waals surface area contributed by atoms with Crippen molar-refractivity contribution in [3.8, 4) is 45.0 Å². The topological polar surface area (TPSA) is 55.1 Å². The van der Waals surface area contributed by atoms with Crippen LogP contribution in [-0.4, -0.2) is 15.0 Å². The Kier molecular flexibility index (Phi) is 6.78. The predicted molar refractivity (Wildman–Crippen MR) is 229 cm³/mol. The van der Waals surface area contributed by atoms with Crippen molar-refractivity contribution in [2.24, 2.45) is 0 Å². The zero-order valence-corrected chi connectivity index (χ0v) is 30.7. The summed E-state index contributed by atoms with van der Waals surface area (Å²) >= 11 is 0. The number of furan rings is 1. The number of fused-ring (bicyclic) bond motifs is 12. The molecule has 0 N–H and O–H groups in total. The van der Waals surface area contributed by atoms with Crippen LogP contribution >= 0.6 is 0 Å². The zero-order chi connectivity index (χ0) is 37.5. The van der Waals surface area contributed by atoms with E-state index in [4.69, 9.17) is 19.4 Å². The lowest BCUT2D eigenvalue weighted by molar-refractivity contribution is 0.670. The number of hydrogen-bond acceptors (Lipinski definition) is 5. The Balaban J connectivity index is 1.10. The third kappa shape index (κ3) is 4.54. The summed E-state index contributed by atoms with van der Waals surface area (Å²) in [6, 6.07) is 68.5. The molecule has 0 saturated heterocycles. The van der Waals surface area contributed by atoms with Crippen LogP contribution < -0.4 is 4.90 Å². The van der Waals surface area contributed by atoms with Crippen LogP contribution in [0.25, 0.3) is 67.0 Å². The Labute approximate surface area is 329 Å². The Morgan fingerprint density at radius 3 is 1.63 bits per heavy atom. The van der Waals surface area contributed by atoms with Gasteiger partial charge in [-0.1, -0.05) is 170 Å². The van der Waals surface area contributed by atoms with Crippen LogP contribution in [0.2, 0.25) is 0 Å². The van der Waals surface area contributed by atoms with Gasteiger partial charge in [0, 0.05) is 27.5 Å². The van der Waals surface area contributed by atoms with E-state index < -0.39 is 5.41 Å². The fourth-order valence-corrected chi connectivity index (χ4v) is 9.37. The van der Waals surface area contributed by atoms with E-state index in [9.17, 15) is 0 Å². The van der Waals surface area contributed by atoms with Crippen molar-refractivity contribution in [2.45, 2.75) is 5.41 Å². The molecule has 1 aliphatic carbocycles. The molecular formula is C52H32N4O. The molecule has 0 saturated carbocycles. The van der Waals surface area contributed by atoms with Crippen molar-refractivity contribution in [3.05, 3.63) is 216 Å². The smallest absolute Gasteiger partial charge is 0.238 e. The van der Waals surface area contributed by atoms with Crippen molar-refractivity contribution in [1.82, 2.24) is 15.0 Å². The third-order valence-corrected chi connectivity index (χ3v) is 11.7. The first kappa shape index (κ1) is 31.7. The van der Waals surface area contributed by atoms with Gasteiger partial charge in [0.15, 0.2) is 11.6 Å². The first-order valence-corrected chi connectivity index (χ1v) is 19.3. The van der Waals surface area contributed by atoms with Crippen LogP contribution in [0.5, 0.6) is 0 Å². The van der Waals surface area contributed by atoms with Crippen molar-refractivity contribution in [1.29, 1.82) is 0 Å². The molecule has 10 aromatic rings. The number of benzene rings is 8. The third-order valence-electron chi connectivity index (χ3n) is 11.7. The molecule has 5 nitrogen and oxygen atoms in total. The van der Waals surface area contributed by atoms with Crippen LogP contribution in [0, 0.1) is 0 Å². The predicted octanol–water partition coefficient (Wildman–Crippen LogP) is 12.9. The quantitative estimate of drug-likeness (QED) is 0.181. The fraction of sp³-hybridized carbons (Fsp3) is 0.0192. The first-order chi connectivity index (χ1) is 28.3. The SMILES string of the molecule is c1ccc(-c2nc(-c3ccccc3)nc(N3c4ccccc4C4(c5ccccc5-c5cc(-c6cccc7c6oc6ccccc67)ccc54)c4ccccc43)n2)cc1. The highest BCUT2D eigenvalue weighted by atomic mass is 16.3. The summed E-state index contributed by atoms with van der Waals surface area (Å²) in [6.45, 7) is 0. The van der Waals surface area contributed by atoms with E-state index in [1.54, 1.807) is 0 Å².